The first-order chi connectivity index (χ1) is 12.1. The molecule has 25 heavy (non-hydrogen) atoms. The highest BCUT2D eigenvalue weighted by Gasteiger charge is 2.09. The van der Waals surface area contributed by atoms with Gasteiger partial charge in [-0.1, -0.05) is 30.3 Å². The maximum absolute atomic E-state index is 12.1. The molecule has 2 N–H and O–H groups in total. The number of aromatic amines is 1. The number of ether oxygens (including phenoxy) is 1. The Morgan fingerprint density at radius 3 is 2.84 bits per heavy atom. The molecule has 0 radical (unpaired) electrons. The third kappa shape index (κ3) is 3.55. The highest BCUT2D eigenvalue weighted by atomic mass is 16.5. The van der Waals surface area contributed by atoms with Crippen LogP contribution in [-0.2, 0) is 0 Å². The number of methoxy groups -OCH3 is 1. The average Bonchev–Trinajstić information content (AvgIpc) is 2.60. The Kier molecular flexibility index (Phi) is 4.56. The van der Waals surface area contributed by atoms with Crippen molar-refractivity contribution in [1.29, 1.82) is 0 Å². The van der Waals surface area contributed by atoms with Crippen LogP contribution in [0.2, 0.25) is 0 Å². The summed E-state index contributed by atoms with van der Waals surface area (Å²) in [4.78, 5) is 29.5. The number of carbonyl (C=O) groups excluding carboxylic acids is 1. The standard InChI is InChI=1S/C18H16N4O3/c1-11-9-15(21-18(24)20-11)17(23)22-19-10-14-13-6-4-3-5-12(13)7-8-16(14)25-2/h3-10H,1-2H3,(H,22,23)(H,20,21,24)/b19-10+. The number of aromatic nitrogens is 2. The van der Waals surface area contributed by atoms with E-state index in [2.05, 4.69) is 20.5 Å². The second kappa shape index (κ2) is 6.96. The smallest absolute Gasteiger partial charge is 0.345 e. The normalized spacial score (nSPS) is 11.0. The Bertz CT molecular complexity index is 1020. The van der Waals surface area contributed by atoms with Crippen molar-refractivity contribution in [2.75, 3.05) is 7.11 Å². The van der Waals surface area contributed by atoms with E-state index in [-0.39, 0.29) is 5.69 Å². The molecular weight excluding hydrogens is 320 g/mol. The Labute approximate surface area is 143 Å². The van der Waals surface area contributed by atoms with Crippen LogP contribution in [0.1, 0.15) is 21.7 Å². The fraction of sp³-hybridized carbons (Fsp3) is 0.111. The first-order valence-electron chi connectivity index (χ1n) is 7.55. The molecule has 0 atom stereocenters. The van der Waals surface area contributed by atoms with Gasteiger partial charge in [0.2, 0.25) is 0 Å². The molecule has 0 saturated carbocycles. The van der Waals surface area contributed by atoms with E-state index in [1.165, 1.54) is 12.3 Å². The Morgan fingerprint density at radius 2 is 2.08 bits per heavy atom. The van der Waals surface area contributed by atoms with E-state index in [0.29, 0.717) is 11.4 Å². The van der Waals surface area contributed by atoms with E-state index in [4.69, 9.17) is 4.74 Å². The summed E-state index contributed by atoms with van der Waals surface area (Å²) in [5.41, 5.74) is 3.09. The molecule has 1 amide bonds. The van der Waals surface area contributed by atoms with Crippen LogP contribution < -0.4 is 15.9 Å². The van der Waals surface area contributed by atoms with Crippen LogP contribution in [0.3, 0.4) is 0 Å². The summed E-state index contributed by atoms with van der Waals surface area (Å²) in [5, 5.41) is 5.96. The summed E-state index contributed by atoms with van der Waals surface area (Å²) >= 11 is 0. The van der Waals surface area contributed by atoms with E-state index in [0.717, 1.165) is 16.3 Å². The van der Waals surface area contributed by atoms with Crippen molar-refractivity contribution in [2.45, 2.75) is 6.92 Å². The summed E-state index contributed by atoms with van der Waals surface area (Å²) in [5.74, 6) is 0.0754. The van der Waals surface area contributed by atoms with Gasteiger partial charge in [-0.15, -0.1) is 0 Å². The highest BCUT2D eigenvalue weighted by Crippen LogP contribution is 2.26. The van der Waals surface area contributed by atoms with E-state index in [1.807, 2.05) is 36.4 Å². The number of hydrogen-bond acceptors (Lipinski definition) is 5. The van der Waals surface area contributed by atoms with E-state index < -0.39 is 11.6 Å². The molecule has 0 aliphatic carbocycles. The van der Waals surface area contributed by atoms with Crippen molar-refractivity contribution in [2.24, 2.45) is 5.10 Å². The minimum absolute atomic E-state index is 0.00304. The molecule has 7 heteroatoms. The van der Waals surface area contributed by atoms with Gasteiger partial charge >= 0.3 is 5.69 Å². The summed E-state index contributed by atoms with van der Waals surface area (Å²) in [7, 11) is 1.57. The molecule has 1 aromatic heterocycles. The van der Waals surface area contributed by atoms with Crippen LogP contribution in [0.5, 0.6) is 5.75 Å². The van der Waals surface area contributed by atoms with Crippen molar-refractivity contribution >= 4 is 22.9 Å². The molecule has 0 spiro atoms. The van der Waals surface area contributed by atoms with Crippen LogP contribution in [0, 0.1) is 6.92 Å². The largest absolute Gasteiger partial charge is 0.496 e. The number of rotatable bonds is 4. The van der Waals surface area contributed by atoms with Crippen molar-refractivity contribution in [3.63, 3.8) is 0 Å². The second-order valence-electron chi connectivity index (χ2n) is 5.36. The van der Waals surface area contributed by atoms with Gasteiger partial charge in [0.15, 0.2) is 0 Å². The predicted octanol–water partition coefficient (Wildman–Crippen LogP) is 2.00. The molecule has 1 heterocycles. The summed E-state index contributed by atoms with van der Waals surface area (Å²) in [6, 6.07) is 13.1. The minimum atomic E-state index is -0.579. The molecule has 0 aliphatic heterocycles. The van der Waals surface area contributed by atoms with Gasteiger partial charge in [0.05, 0.1) is 13.3 Å². The topological polar surface area (TPSA) is 96.4 Å². The van der Waals surface area contributed by atoms with E-state index >= 15 is 0 Å². The lowest BCUT2D eigenvalue weighted by molar-refractivity contribution is 0.0949. The molecule has 7 nitrogen and oxygen atoms in total. The summed E-state index contributed by atoms with van der Waals surface area (Å²) in [6.07, 6.45) is 1.51. The van der Waals surface area contributed by atoms with Crippen LogP contribution in [0.4, 0.5) is 0 Å². The Hall–Kier alpha value is -3.48. The molecule has 0 fully saturated rings. The van der Waals surface area contributed by atoms with Gasteiger partial charge in [0.1, 0.15) is 11.4 Å². The van der Waals surface area contributed by atoms with E-state index in [9.17, 15) is 9.59 Å². The van der Waals surface area contributed by atoms with Crippen LogP contribution in [0.25, 0.3) is 10.8 Å². The van der Waals surface area contributed by atoms with Crippen molar-refractivity contribution in [3.05, 3.63) is 69.9 Å². The number of amides is 1. The fourth-order valence-electron chi connectivity index (χ4n) is 2.50. The zero-order chi connectivity index (χ0) is 17.8. The molecule has 3 rings (SSSR count). The van der Waals surface area contributed by atoms with Gasteiger partial charge in [-0.2, -0.15) is 10.1 Å². The van der Waals surface area contributed by atoms with Gasteiger partial charge in [0.25, 0.3) is 5.91 Å². The van der Waals surface area contributed by atoms with Gasteiger partial charge in [-0.3, -0.25) is 4.79 Å². The van der Waals surface area contributed by atoms with E-state index in [1.54, 1.807) is 14.0 Å². The van der Waals surface area contributed by atoms with Gasteiger partial charge in [-0.25, -0.2) is 10.2 Å². The fourth-order valence-corrected chi connectivity index (χ4v) is 2.50. The second-order valence-corrected chi connectivity index (χ2v) is 5.36. The SMILES string of the molecule is COc1ccc2ccccc2c1/C=N/NC(=O)c1cc(C)[nH]c(=O)n1. The molecule has 2 aromatic carbocycles. The molecule has 0 saturated heterocycles. The number of benzene rings is 2. The first kappa shape index (κ1) is 16.4. The molecule has 126 valence electrons. The molecule has 0 unspecified atom stereocenters. The number of hydrogen-bond donors (Lipinski definition) is 2. The van der Waals surface area contributed by atoms with Gasteiger partial charge in [-0.05, 0) is 29.8 Å². The number of H-pyrrole nitrogens is 1. The first-order valence-corrected chi connectivity index (χ1v) is 7.55. The van der Waals surface area contributed by atoms with Crippen molar-refractivity contribution in [1.82, 2.24) is 15.4 Å². The number of carbonyl (C=O) groups is 1. The number of fused-ring (bicyclic) bond motifs is 1. The maximum atomic E-state index is 12.1. The minimum Gasteiger partial charge on any atom is -0.496 e. The zero-order valence-corrected chi connectivity index (χ0v) is 13.7. The number of nitrogens with zero attached hydrogens (tertiary/aromatic N) is 2. The third-order valence-electron chi connectivity index (χ3n) is 3.62. The summed E-state index contributed by atoms with van der Waals surface area (Å²) in [6.45, 7) is 1.67. The van der Waals surface area contributed by atoms with Gasteiger partial charge in [0, 0.05) is 11.3 Å². The number of hydrazone groups is 1. The predicted molar refractivity (Wildman–Crippen MR) is 95.2 cm³/mol. The Morgan fingerprint density at radius 1 is 1.28 bits per heavy atom. The number of nitrogens with one attached hydrogen (secondary N) is 2. The highest BCUT2D eigenvalue weighted by molar-refractivity contribution is 6.03. The van der Waals surface area contributed by atoms with Crippen molar-refractivity contribution in [3.8, 4) is 5.75 Å². The Balaban J connectivity index is 1.88. The van der Waals surface area contributed by atoms with Crippen LogP contribution >= 0.6 is 0 Å². The van der Waals surface area contributed by atoms with Gasteiger partial charge < -0.3 is 9.72 Å². The maximum Gasteiger partial charge on any atom is 0.345 e. The summed E-state index contributed by atoms with van der Waals surface area (Å²) < 4.78 is 5.37. The average molecular weight is 336 g/mol. The molecule has 3 aromatic rings. The van der Waals surface area contributed by atoms with Crippen LogP contribution in [0.15, 0.2) is 52.4 Å². The third-order valence-corrected chi connectivity index (χ3v) is 3.62. The quantitative estimate of drug-likeness (QED) is 0.562. The molecular formula is C18H16N4O3. The van der Waals surface area contributed by atoms with Crippen LogP contribution in [-0.4, -0.2) is 29.2 Å². The lowest BCUT2D eigenvalue weighted by Gasteiger charge is -2.08. The lowest BCUT2D eigenvalue weighted by Crippen LogP contribution is -2.24. The monoisotopic (exact) mass is 336 g/mol. The van der Waals surface area contributed by atoms with Crippen molar-refractivity contribution < 1.29 is 9.53 Å². The molecule has 0 aliphatic rings. The lowest BCUT2D eigenvalue weighted by atomic mass is 10.0. The molecule has 0 bridgehead atoms. The number of aryl methyl sites for hydroxylation is 1. The zero-order valence-electron chi connectivity index (χ0n) is 13.7.